The summed E-state index contributed by atoms with van der Waals surface area (Å²) >= 11 is 0. The molecule has 172 valence electrons. The third-order valence-electron chi connectivity index (χ3n) is 4.72. The van der Waals surface area contributed by atoms with Crippen LogP contribution in [0.25, 0.3) is 0 Å². The lowest BCUT2D eigenvalue weighted by molar-refractivity contribution is 0.136. The van der Waals surface area contributed by atoms with Crippen molar-refractivity contribution in [1.82, 2.24) is 4.31 Å². The van der Waals surface area contributed by atoms with Crippen molar-refractivity contribution < 1.29 is 22.3 Å². The average molecular weight is 453 g/mol. The van der Waals surface area contributed by atoms with E-state index < -0.39 is 10.0 Å². The van der Waals surface area contributed by atoms with Crippen molar-refractivity contribution in [2.75, 3.05) is 18.0 Å². The summed E-state index contributed by atoms with van der Waals surface area (Å²) in [6.07, 6.45) is 3.52. The van der Waals surface area contributed by atoms with Gasteiger partial charge in [0.1, 0.15) is 6.61 Å². The van der Waals surface area contributed by atoms with Crippen LogP contribution in [0, 0.1) is 0 Å². The molecule has 2 aliphatic rings. The van der Waals surface area contributed by atoms with Crippen molar-refractivity contribution in [2.45, 2.75) is 53.2 Å². The molecule has 0 N–H and O–H groups in total. The maximum atomic E-state index is 12.2. The third-order valence-corrected chi connectivity index (χ3v) is 6.64. The van der Waals surface area contributed by atoms with E-state index in [1.165, 1.54) is 30.3 Å². The zero-order chi connectivity index (χ0) is 23.6. The van der Waals surface area contributed by atoms with Gasteiger partial charge in [-0.2, -0.15) is 4.31 Å². The minimum absolute atomic E-state index is 0.0551. The highest BCUT2D eigenvalue weighted by Gasteiger charge is 2.36. The van der Waals surface area contributed by atoms with Crippen molar-refractivity contribution in [3.05, 3.63) is 65.9 Å². The zero-order valence-electron chi connectivity index (χ0n) is 18.8. The number of ether oxygens (including phenoxy) is 1. The predicted molar refractivity (Wildman–Crippen MR) is 124 cm³/mol. The van der Waals surface area contributed by atoms with Gasteiger partial charge in [-0.25, -0.2) is 17.6 Å². The Hall–Kier alpha value is -2.45. The summed E-state index contributed by atoms with van der Waals surface area (Å²) in [7, 11) is -3.42. The lowest BCUT2D eigenvalue weighted by Crippen LogP contribution is -2.50. The number of sulfonamides is 1. The highest BCUT2D eigenvalue weighted by atomic mass is 32.2. The summed E-state index contributed by atoms with van der Waals surface area (Å²) in [4.78, 5) is 14.0. The van der Waals surface area contributed by atoms with Crippen LogP contribution in [-0.4, -0.2) is 37.9 Å². The number of fused-ring (bicyclic) bond motifs is 1. The number of benzene rings is 1. The molecule has 0 radical (unpaired) electrons. The molecule has 0 saturated carbocycles. The SMILES string of the molecule is C=C(C)S(=O)(=O)N1CCC(N2C(=O)OCc3ccccc32)CC1.C=C/C=C(\C)F.CC. The van der Waals surface area contributed by atoms with Crippen molar-refractivity contribution in [2.24, 2.45) is 0 Å². The number of carbonyl (C=O) groups excluding carboxylic acids is 1. The Labute approximate surface area is 185 Å². The summed E-state index contributed by atoms with van der Waals surface area (Å²) in [6.45, 7) is 14.7. The molecule has 0 bridgehead atoms. The van der Waals surface area contributed by atoms with E-state index in [2.05, 4.69) is 13.2 Å². The molecule has 0 aliphatic carbocycles. The van der Waals surface area contributed by atoms with Gasteiger partial charge in [-0.3, -0.25) is 4.90 Å². The summed E-state index contributed by atoms with van der Waals surface area (Å²) in [5.74, 6) is -0.204. The van der Waals surface area contributed by atoms with Crippen LogP contribution < -0.4 is 4.90 Å². The number of piperidine rings is 1. The first-order valence-corrected chi connectivity index (χ1v) is 11.8. The molecule has 1 amide bonds. The van der Waals surface area contributed by atoms with E-state index in [1.54, 1.807) is 4.90 Å². The fourth-order valence-electron chi connectivity index (χ4n) is 3.24. The van der Waals surface area contributed by atoms with Gasteiger partial charge in [0, 0.05) is 29.6 Å². The molecule has 0 atom stereocenters. The standard InChI is InChI=1S/C16H20N2O4S.C5H7F.C2H6/c1-12(2)23(20,21)17-9-7-14(8-10-17)18-15-6-4-3-5-13(15)11-22-16(18)19;1-3-4-5(2)6;1-2/h3-6,14H,1,7-11H2,2H3;3-4H,1H2,2H3;1-2H3/b;5-4+;. The largest absolute Gasteiger partial charge is 0.444 e. The molecule has 31 heavy (non-hydrogen) atoms. The molecule has 0 spiro atoms. The van der Waals surface area contributed by atoms with Crippen LogP contribution in [0.3, 0.4) is 0 Å². The van der Waals surface area contributed by atoms with Crippen LogP contribution >= 0.6 is 0 Å². The van der Waals surface area contributed by atoms with Crippen LogP contribution in [0.15, 0.2) is 60.3 Å². The number of carbonyl (C=O) groups is 1. The molecular formula is C23H33FN2O4S. The average Bonchev–Trinajstić information content (AvgIpc) is 2.75. The molecule has 2 heterocycles. The number of halogens is 1. The van der Waals surface area contributed by atoms with Crippen molar-refractivity contribution in [1.29, 1.82) is 0 Å². The highest BCUT2D eigenvalue weighted by Crippen LogP contribution is 2.32. The molecular weight excluding hydrogens is 419 g/mol. The van der Waals surface area contributed by atoms with Gasteiger partial charge in [0.2, 0.25) is 10.0 Å². The minimum Gasteiger partial charge on any atom is -0.444 e. The van der Waals surface area contributed by atoms with E-state index in [0.717, 1.165) is 11.3 Å². The number of rotatable bonds is 4. The number of anilines is 1. The Kier molecular flexibility index (Phi) is 10.6. The van der Waals surface area contributed by atoms with Crippen LogP contribution in [0.5, 0.6) is 0 Å². The Morgan fingerprint density at radius 1 is 1.19 bits per heavy atom. The van der Waals surface area contributed by atoms with Gasteiger partial charge in [0.15, 0.2) is 0 Å². The van der Waals surface area contributed by atoms with Crippen molar-refractivity contribution in [3.63, 3.8) is 0 Å². The van der Waals surface area contributed by atoms with Gasteiger partial charge >= 0.3 is 6.09 Å². The molecule has 0 unspecified atom stereocenters. The number of cyclic esters (lactones) is 1. The minimum atomic E-state index is -3.42. The lowest BCUT2D eigenvalue weighted by atomic mass is 10.0. The van der Waals surface area contributed by atoms with Crippen LogP contribution in [0.1, 0.15) is 46.1 Å². The third kappa shape index (κ3) is 7.04. The second-order valence-electron chi connectivity index (χ2n) is 6.88. The summed E-state index contributed by atoms with van der Waals surface area (Å²) < 4.78 is 42.5. The van der Waals surface area contributed by atoms with Gasteiger partial charge in [0.25, 0.3) is 0 Å². The van der Waals surface area contributed by atoms with E-state index >= 15 is 0 Å². The number of nitrogens with zero attached hydrogens (tertiary/aromatic N) is 2. The van der Waals surface area contributed by atoms with E-state index in [9.17, 15) is 17.6 Å². The smallest absolute Gasteiger partial charge is 0.414 e. The fraction of sp³-hybridized carbons (Fsp3) is 0.435. The monoisotopic (exact) mass is 452 g/mol. The summed E-state index contributed by atoms with van der Waals surface area (Å²) in [6, 6.07) is 7.60. The Morgan fingerprint density at radius 3 is 2.26 bits per heavy atom. The lowest BCUT2D eigenvalue weighted by Gasteiger charge is -2.39. The number of amides is 1. The summed E-state index contributed by atoms with van der Waals surface area (Å²) in [5.41, 5.74) is 1.84. The molecule has 1 fully saturated rings. The molecule has 3 rings (SSSR count). The highest BCUT2D eigenvalue weighted by molar-refractivity contribution is 7.92. The number of para-hydroxylation sites is 1. The number of hydrogen-bond donors (Lipinski definition) is 0. The van der Waals surface area contributed by atoms with Gasteiger partial charge in [-0.05, 0) is 38.8 Å². The Morgan fingerprint density at radius 2 is 1.77 bits per heavy atom. The van der Waals surface area contributed by atoms with Crippen LogP contribution in [0.4, 0.5) is 14.9 Å². The number of allylic oxidation sites excluding steroid dienone is 4. The second-order valence-corrected chi connectivity index (χ2v) is 9.04. The quantitative estimate of drug-likeness (QED) is 0.562. The first-order valence-electron chi connectivity index (χ1n) is 10.3. The van der Waals surface area contributed by atoms with E-state index in [1.807, 2.05) is 38.1 Å². The summed E-state index contributed by atoms with van der Waals surface area (Å²) in [5, 5.41) is 0. The molecule has 1 aromatic carbocycles. The normalized spacial score (nSPS) is 17.3. The second kappa shape index (κ2) is 12.4. The first-order chi connectivity index (χ1) is 14.7. The first kappa shape index (κ1) is 26.6. The Balaban J connectivity index is 0.000000521. The van der Waals surface area contributed by atoms with Crippen molar-refractivity contribution in [3.8, 4) is 0 Å². The van der Waals surface area contributed by atoms with Crippen LogP contribution in [-0.2, 0) is 21.4 Å². The fourth-order valence-corrected chi connectivity index (χ4v) is 4.38. The predicted octanol–water partition coefficient (Wildman–Crippen LogP) is 5.54. The molecule has 0 aromatic heterocycles. The van der Waals surface area contributed by atoms with E-state index in [4.69, 9.17) is 4.74 Å². The Bertz CT molecular complexity index is 900. The maximum absolute atomic E-state index is 12.2. The van der Waals surface area contributed by atoms with Gasteiger partial charge in [0.05, 0.1) is 11.5 Å². The molecule has 1 aromatic rings. The maximum Gasteiger partial charge on any atom is 0.414 e. The molecule has 6 nitrogen and oxygen atoms in total. The van der Waals surface area contributed by atoms with Crippen LogP contribution in [0.2, 0.25) is 0 Å². The van der Waals surface area contributed by atoms with E-state index in [-0.39, 0.29) is 29.5 Å². The van der Waals surface area contributed by atoms with Gasteiger partial charge in [-0.15, -0.1) is 0 Å². The van der Waals surface area contributed by atoms with E-state index in [0.29, 0.717) is 25.9 Å². The van der Waals surface area contributed by atoms with Gasteiger partial charge in [-0.1, -0.05) is 51.3 Å². The topological polar surface area (TPSA) is 66.9 Å². The molecule has 1 saturated heterocycles. The molecule has 2 aliphatic heterocycles. The van der Waals surface area contributed by atoms with Crippen molar-refractivity contribution >= 4 is 21.8 Å². The zero-order valence-corrected chi connectivity index (χ0v) is 19.6. The number of hydrogen-bond acceptors (Lipinski definition) is 4. The molecule has 8 heteroatoms. The van der Waals surface area contributed by atoms with Gasteiger partial charge < -0.3 is 4.74 Å².